The summed E-state index contributed by atoms with van der Waals surface area (Å²) in [6.07, 6.45) is 1.81. The lowest BCUT2D eigenvalue weighted by molar-refractivity contribution is -0.662. The number of halogens is 5. The maximum atomic E-state index is 13.0. The van der Waals surface area contributed by atoms with Crippen LogP contribution in [0.5, 0.6) is 0 Å². The molecule has 2 aromatic carbocycles. The Hall–Kier alpha value is -3.07. The summed E-state index contributed by atoms with van der Waals surface area (Å²) in [4.78, 5) is 9.94. The van der Waals surface area contributed by atoms with Gasteiger partial charge >= 0.3 is 17.7 Å². The van der Waals surface area contributed by atoms with Gasteiger partial charge in [-0.2, -0.15) is 26.5 Å². The number of carbonyl (C=O) groups excluding carboxylic acids is 1. The molecule has 0 bridgehead atoms. The van der Waals surface area contributed by atoms with E-state index in [1.165, 1.54) is 16.5 Å². The second-order valence-corrected chi connectivity index (χ2v) is 8.18. The number of rotatable bonds is 10. The number of pyridine rings is 1. The molecule has 190 valence electrons. The Morgan fingerprint density at radius 3 is 2.11 bits per heavy atom. The number of hydrogen-bond acceptors (Lipinski definition) is 3. The molecular formula is C26H28F5NO3. The highest BCUT2D eigenvalue weighted by Gasteiger charge is 2.70. The number of carboxylic acid groups (broad SMARTS) is 1. The molecule has 0 amide bonds. The van der Waals surface area contributed by atoms with Crippen LogP contribution in [-0.2, 0) is 11.3 Å². The molecule has 0 saturated carbocycles. The maximum Gasteiger partial charge on any atom is 0.372 e. The highest BCUT2D eigenvalue weighted by atomic mass is 19.3. The summed E-state index contributed by atoms with van der Waals surface area (Å²) in [5.41, 5.74) is 2.60. The molecule has 4 nitrogen and oxygen atoms in total. The van der Waals surface area contributed by atoms with Gasteiger partial charge in [-0.3, -0.25) is 0 Å². The summed E-state index contributed by atoms with van der Waals surface area (Å²) in [5.74, 6) is -19.4. The molecule has 9 heteroatoms. The van der Waals surface area contributed by atoms with Gasteiger partial charge in [0.1, 0.15) is 5.97 Å². The van der Waals surface area contributed by atoms with Crippen LogP contribution < -0.4 is 9.67 Å². The van der Waals surface area contributed by atoms with Crippen molar-refractivity contribution in [2.45, 2.75) is 63.3 Å². The van der Waals surface area contributed by atoms with E-state index in [9.17, 15) is 31.9 Å². The Morgan fingerprint density at radius 2 is 1.49 bits per heavy atom. The molecule has 1 aromatic heterocycles. The summed E-state index contributed by atoms with van der Waals surface area (Å²) < 4.78 is 67.0. The number of unbranched alkanes of at least 4 members (excludes halogenated alkanes) is 3. The fraction of sp³-hybridized carbons (Fsp3) is 0.385. The van der Waals surface area contributed by atoms with Gasteiger partial charge < -0.3 is 15.0 Å². The third-order valence-electron chi connectivity index (χ3n) is 5.47. The highest BCUT2D eigenvalue weighted by molar-refractivity contribution is 5.75. The first-order valence-corrected chi connectivity index (χ1v) is 11.2. The second kappa shape index (κ2) is 12.1. The lowest BCUT2D eigenvalue weighted by atomic mass is 9.98. The van der Waals surface area contributed by atoms with Gasteiger partial charge in [0.15, 0.2) is 12.7 Å². The van der Waals surface area contributed by atoms with Crippen LogP contribution in [0, 0.1) is 0 Å². The predicted molar refractivity (Wildman–Crippen MR) is 119 cm³/mol. The van der Waals surface area contributed by atoms with Crippen molar-refractivity contribution in [3.63, 3.8) is 0 Å². The fourth-order valence-corrected chi connectivity index (χ4v) is 3.44. The SMILES string of the molecule is CCCCCCC(F)(F)C(F)(F)C(O)(F)C(=O)[O-].c1ccc(C[n+]2cccc3ccccc32)cc1. The van der Waals surface area contributed by atoms with Crippen molar-refractivity contribution < 1.29 is 41.5 Å². The number of hydrogen-bond donors (Lipinski definition) is 1. The molecule has 1 N–H and O–H groups in total. The maximum absolute atomic E-state index is 13.0. The van der Waals surface area contributed by atoms with Gasteiger partial charge in [-0.1, -0.05) is 68.7 Å². The van der Waals surface area contributed by atoms with Crippen molar-refractivity contribution in [2.75, 3.05) is 0 Å². The molecule has 0 fully saturated rings. The van der Waals surface area contributed by atoms with E-state index < -0.39 is 30.1 Å². The topological polar surface area (TPSA) is 64.2 Å². The van der Waals surface area contributed by atoms with Crippen LogP contribution >= 0.6 is 0 Å². The molecule has 0 spiro atoms. The van der Waals surface area contributed by atoms with E-state index in [0.29, 0.717) is 12.8 Å². The van der Waals surface area contributed by atoms with Crippen molar-refractivity contribution in [1.82, 2.24) is 0 Å². The van der Waals surface area contributed by atoms with E-state index in [4.69, 9.17) is 5.11 Å². The monoisotopic (exact) mass is 497 g/mol. The van der Waals surface area contributed by atoms with Gasteiger partial charge in [0.25, 0.3) is 0 Å². The van der Waals surface area contributed by atoms with Gasteiger partial charge in [-0.25, -0.2) is 0 Å². The Kier molecular flexibility index (Phi) is 9.71. The normalized spacial score (nSPS) is 13.6. The van der Waals surface area contributed by atoms with E-state index in [2.05, 4.69) is 77.5 Å². The average molecular weight is 498 g/mol. The minimum absolute atomic E-state index is 0.220. The van der Waals surface area contributed by atoms with Crippen LogP contribution in [0.2, 0.25) is 0 Å². The van der Waals surface area contributed by atoms with Crippen LogP contribution in [0.25, 0.3) is 10.9 Å². The van der Waals surface area contributed by atoms with Gasteiger partial charge in [0.05, 0.1) is 0 Å². The Bertz CT molecular complexity index is 1090. The quantitative estimate of drug-likeness (QED) is 0.248. The third kappa shape index (κ3) is 6.97. The number of aromatic nitrogens is 1. The lowest BCUT2D eigenvalue weighted by Gasteiger charge is -2.34. The van der Waals surface area contributed by atoms with E-state index in [1.807, 2.05) is 0 Å². The number of alkyl halides is 5. The van der Waals surface area contributed by atoms with Gasteiger partial charge in [0.2, 0.25) is 5.52 Å². The molecule has 1 heterocycles. The summed E-state index contributed by atoms with van der Waals surface area (Å²) >= 11 is 0. The highest BCUT2D eigenvalue weighted by Crippen LogP contribution is 2.45. The first kappa shape index (κ1) is 28.2. The number of fused-ring (bicyclic) bond motifs is 1. The number of carbonyl (C=O) groups is 1. The van der Waals surface area contributed by atoms with Crippen molar-refractivity contribution >= 4 is 16.9 Å². The van der Waals surface area contributed by atoms with Gasteiger partial charge in [-0.05, 0) is 18.6 Å². The van der Waals surface area contributed by atoms with E-state index >= 15 is 0 Å². The molecule has 0 aliphatic carbocycles. The van der Waals surface area contributed by atoms with Crippen LogP contribution in [-0.4, -0.2) is 28.8 Å². The summed E-state index contributed by atoms with van der Waals surface area (Å²) in [6, 6.07) is 23.3. The molecule has 0 aliphatic rings. The number of carboxylic acids is 1. The second-order valence-electron chi connectivity index (χ2n) is 8.18. The van der Waals surface area contributed by atoms with Crippen molar-refractivity contribution in [3.05, 3.63) is 78.5 Å². The average Bonchev–Trinajstić information content (AvgIpc) is 2.83. The summed E-state index contributed by atoms with van der Waals surface area (Å²) in [5, 5.41) is 19.5. The molecule has 3 rings (SSSR count). The minimum atomic E-state index is -5.74. The van der Waals surface area contributed by atoms with Crippen molar-refractivity contribution in [3.8, 4) is 0 Å². The Morgan fingerprint density at radius 1 is 0.886 bits per heavy atom. The Balaban J connectivity index is 0.000000247. The summed E-state index contributed by atoms with van der Waals surface area (Å²) in [7, 11) is 0. The van der Waals surface area contributed by atoms with Gasteiger partial charge in [0, 0.05) is 29.5 Å². The number of benzene rings is 2. The zero-order chi connectivity index (χ0) is 26.1. The Labute approximate surface area is 200 Å². The number of aliphatic carboxylic acids is 1. The minimum Gasteiger partial charge on any atom is -0.544 e. The van der Waals surface area contributed by atoms with Crippen LogP contribution in [0.15, 0.2) is 72.9 Å². The summed E-state index contributed by atoms with van der Waals surface area (Å²) in [6.45, 7) is 2.69. The molecule has 1 unspecified atom stereocenters. The standard InChI is InChI=1S/C16H14N.C10H15F5O3/c1-2-7-14(8-3-1)13-17-12-6-10-15-9-4-5-11-16(15)17;1-2-3-4-5-6-8(11,12)10(14,15)9(13,18)7(16)17/h1-12H,13H2;18H,2-6H2,1H3,(H,16,17)/q+1;/p-1. The third-order valence-corrected chi connectivity index (χ3v) is 5.47. The number of nitrogens with zero attached hydrogens (tertiary/aromatic N) is 1. The van der Waals surface area contributed by atoms with E-state index in [1.54, 1.807) is 6.92 Å². The van der Waals surface area contributed by atoms with Crippen LogP contribution in [0.4, 0.5) is 22.0 Å². The smallest absolute Gasteiger partial charge is 0.372 e. The molecular weight excluding hydrogens is 469 g/mol. The van der Waals surface area contributed by atoms with Crippen LogP contribution in [0.1, 0.15) is 44.6 Å². The van der Waals surface area contributed by atoms with Crippen molar-refractivity contribution in [1.29, 1.82) is 0 Å². The molecule has 35 heavy (non-hydrogen) atoms. The first-order chi connectivity index (χ1) is 16.4. The van der Waals surface area contributed by atoms with Crippen molar-refractivity contribution in [2.24, 2.45) is 0 Å². The zero-order valence-electron chi connectivity index (χ0n) is 19.3. The molecule has 0 radical (unpaired) electrons. The molecule has 1 atom stereocenters. The fourth-order valence-electron chi connectivity index (χ4n) is 3.44. The predicted octanol–water partition coefficient (Wildman–Crippen LogP) is 4.81. The number of para-hydroxylation sites is 1. The van der Waals surface area contributed by atoms with E-state index in [-0.39, 0.29) is 12.8 Å². The lowest BCUT2D eigenvalue weighted by Crippen LogP contribution is -2.64. The largest absolute Gasteiger partial charge is 0.544 e. The zero-order valence-corrected chi connectivity index (χ0v) is 19.3. The molecule has 0 saturated heterocycles. The van der Waals surface area contributed by atoms with Gasteiger partial charge in [-0.15, -0.1) is 0 Å². The van der Waals surface area contributed by atoms with Crippen LogP contribution in [0.3, 0.4) is 0 Å². The molecule has 0 aliphatic heterocycles. The molecule has 3 aromatic rings. The first-order valence-electron chi connectivity index (χ1n) is 11.2. The van der Waals surface area contributed by atoms with E-state index in [0.717, 1.165) is 6.54 Å². The number of aliphatic hydroxyl groups is 1.